The SMILES string of the molecule is CC(C)(C)NC(=O)c1ncnc2ccccc12. The molecule has 4 heteroatoms. The van der Waals surface area contributed by atoms with E-state index in [-0.39, 0.29) is 11.4 Å². The predicted octanol–water partition coefficient (Wildman–Crippen LogP) is 2.16. The second-order valence-corrected chi connectivity index (χ2v) is 4.94. The molecule has 0 atom stereocenters. The third-order valence-electron chi connectivity index (χ3n) is 2.25. The highest BCUT2D eigenvalue weighted by atomic mass is 16.2. The van der Waals surface area contributed by atoms with Crippen LogP contribution in [0, 0.1) is 0 Å². The average Bonchev–Trinajstić information content (AvgIpc) is 2.26. The number of benzene rings is 1. The molecule has 1 heterocycles. The lowest BCUT2D eigenvalue weighted by Crippen LogP contribution is -2.41. The first-order valence-corrected chi connectivity index (χ1v) is 5.50. The van der Waals surface area contributed by atoms with Crippen molar-refractivity contribution < 1.29 is 4.79 Å². The topological polar surface area (TPSA) is 54.9 Å². The van der Waals surface area contributed by atoms with Crippen LogP contribution in [0.15, 0.2) is 30.6 Å². The van der Waals surface area contributed by atoms with E-state index < -0.39 is 0 Å². The Bertz CT molecular complexity index is 553. The number of hydrogen-bond donors (Lipinski definition) is 1. The number of nitrogens with zero attached hydrogens (tertiary/aromatic N) is 2. The van der Waals surface area contributed by atoms with Gasteiger partial charge in [0.2, 0.25) is 0 Å². The van der Waals surface area contributed by atoms with Gasteiger partial charge in [0.25, 0.3) is 5.91 Å². The lowest BCUT2D eigenvalue weighted by Gasteiger charge is -2.20. The number of aromatic nitrogens is 2. The van der Waals surface area contributed by atoms with Crippen LogP contribution >= 0.6 is 0 Å². The minimum absolute atomic E-state index is 0.170. The number of fused-ring (bicyclic) bond motifs is 1. The number of amides is 1. The van der Waals surface area contributed by atoms with Gasteiger partial charge in [-0.05, 0) is 26.8 Å². The molecule has 17 heavy (non-hydrogen) atoms. The Morgan fingerprint density at radius 3 is 2.59 bits per heavy atom. The van der Waals surface area contributed by atoms with E-state index in [1.165, 1.54) is 6.33 Å². The van der Waals surface area contributed by atoms with Crippen molar-refractivity contribution in [3.05, 3.63) is 36.3 Å². The van der Waals surface area contributed by atoms with Crippen LogP contribution in [0.4, 0.5) is 0 Å². The zero-order valence-corrected chi connectivity index (χ0v) is 10.2. The summed E-state index contributed by atoms with van der Waals surface area (Å²) in [5.41, 5.74) is 0.926. The molecule has 0 saturated carbocycles. The normalized spacial score (nSPS) is 11.5. The maximum atomic E-state index is 12.1. The highest BCUT2D eigenvalue weighted by molar-refractivity contribution is 6.04. The van der Waals surface area contributed by atoms with Crippen LogP contribution in [-0.2, 0) is 0 Å². The van der Waals surface area contributed by atoms with Crippen LogP contribution in [0.25, 0.3) is 10.9 Å². The quantitative estimate of drug-likeness (QED) is 0.815. The minimum Gasteiger partial charge on any atom is -0.346 e. The average molecular weight is 229 g/mol. The fraction of sp³-hybridized carbons (Fsp3) is 0.308. The van der Waals surface area contributed by atoms with Crippen molar-refractivity contribution >= 4 is 16.8 Å². The molecule has 0 aliphatic carbocycles. The summed E-state index contributed by atoms with van der Waals surface area (Å²) >= 11 is 0. The van der Waals surface area contributed by atoms with E-state index in [1.807, 2.05) is 45.0 Å². The van der Waals surface area contributed by atoms with Crippen molar-refractivity contribution in [3.63, 3.8) is 0 Å². The molecule has 0 saturated heterocycles. The zero-order valence-electron chi connectivity index (χ0n) is 10.2. The molecule has 0 aliphatic rings. The van der Waals surface area contributed by atoms with E-state index >= 15 is 0 Å². The molecule has 0 aliphatic heterocycles. The molecule has 0 spiro atoms. The molecule has 0 bridgehead atoms. The molecule has 0 fully saturated rings. The molecule has 1 aromatic carbocycles. The van der Waals surface area contributed by atoms with Crippen molar-refractivity contribution in [2.45, 2.75) is 26.3 Å². The van der Waals surface area contributed by atoms with Gasteiger partial charge >= 0.3 is 0 Å². The number of carbonyl (C=O) groups is 1. The number of rotatable bonds is 1. The lowest BCUT2D eigenvalue weighted by molar-refractivity contribution is 0.0916. The number of carbonyl (C=O) groups excluding carboxylic acids is 1. The molecule has 0 radical (unpaired) electrons. The van der Waals surface area contributed by atoms with E-state index in [9.17, 15) is 4.79 Å². The molecule has 2 rings (SSSR count). The van der Waals surface area contributed by atoms with Gasteiger partial charge in [-0.25, -0.2) is 9.97 Å². The second kappa shape index (κ2) is 4.13. The largest absolute Gasteiger partial charge is 0.346 e. The molecular formula is C13H15N3O. The van der Waals surface area contributed by atoms with Gasteiger partial charge in [0.1, 0.15) is 12.0 Å². The highest BCUT2D eigenvalue weighted by Crippen LogP contribution is 2.14. The van der Waals surface area contributed by atoms with Crippen LogP contribution in [0.1, 0.15) is 31.3 Å². The second-order valence-electron chi connectivity index (χ2n) is 4.94. The van der Waals surface area contributed by atoms with Crippen LogP contribution in [0.3, 0.4) is 0 Å². The molecule has 1 aromatic heterocycles. The minimum atomic E-state index is -0.275. The molecule has 2 aromatic rings. The first kappa shape index (κ1) is 11.5. The molecule has 1 amide bonds. The van der Waals surface area contributed by atoms with Crippen molar-refractivity contribution in [3.8, 4) is 0 Å². The standard InChI is InChI=1S/C13H15N3O/c1-13(2,3)16-12(17)11-9-6-4-5-7-10(9)14-8-15-11/h4-8H,1-3H3,(H,16,17). The third kappa shape index (κ3) is 2.58. The zero-order chi connectivity index (χ0) is 12.5. The lowest BCUT2D eigenvalue weighted by atomic mass is 10.1. The van der Waals surface area contributed by atoms with Crippen LogP contribution in [0.5, 0.6) is 0 Å². The van der Waals surface area contributed by atoms with E-state index in [1.54, 1.807) is 0 Å². The third-order valence-corrected chi connectivity index (χ3v) is 2.25. The molecule has 0 unspecified atom stereocenters. The predicted molar refractivity (Wildman–Crippen MR) is 66.8 cm³/mol. The Balaban J connectivity index is 2.45. The Morgan fingerprint density at radius 1 is 1.18 bits per heavy atom. The van der Waals surface area contributed by atoms with Gasteiger partial charge in [0.05, 0.1) is 5.52 Å². The van der Waals surface area contributed by atoms with E-state index in [0.29, 0.717) is 5.69 Å². The monoisotopic (exact) mass is 229 g/mol. The Morgan fingerprint density at radius 2 is 1.88 bits per heavy atom. The van der Waals surface area contributed by atoms with Crippen molar-refractivity contribution in [2.75, 3.05) is 0 Å². The summed E-state index contributed by atoms with van der Waals surface area (Å²) in [6.45, 7) is 5.82. The Hall–Kier alpha value is -1.97. The van der Waals surface area contributed by atoms with Crippen LogP contribution < -0.4 is 5.32 Å². The summed E-state index contributed by atoms with van der Waals surface area (Å²) in [6, 6.07) is 7.48. The van der Waals surface area contributed by atoms with Gasteiger partial charge in [0, 0.05) is 10.9 Å². The number of hydrogen-bond acceptors (Lipinski definition) is 3. The summed E-state index contributed by atoms with van der Waals surface area (Å²) < 4.78 is 0. The van der Waals surface area contributed by atoms with Gasteiger partial charge < -0.3 is 5.32 Å². The van der Waals surface area contributed by atoms with Gasteiger partial charge in [-0.1, -0.05) is 18.2 Å². The summed E-state index contributed by atoms with van der Waals surface area (Å²) in [7, 11) is 0. The fourth-order valence-corrected chi connectivity index (χ4v) is 1.59. The van der Waals surface area contributed by atoms with E-state index in [2.05, 4.69) is 15.3 Å². The van der Waals surface area contributed by atoms with Gasteiger partial charge in [0.15, 0.2) is 0 Å². The summed E-state index contributed by atoms with van der Waals surface area (Å²) in [5.74, 6) is -0.170. The summed E-state index contributed by atoms with van der Waals surface area (Å²) in [5, 5.41) is 3.67. The smallest absolute Gasteiger partial charge is 0.271 e. The fourth-order valence-electron chi connectivity index (χ4n) is 1.59. The van der Waals surface area contributed by atoms with E-state index in [0.717, 1.165) is 10.9 Å². The molecule has 88 valence electrons. The van der Waals surface area contributed by atoms with Gasteiger partial charge in [-0.2, -0.15) is 0 Å². The number of nitrogens with one attached hydrogen (secondary N) is 1. The van der Waals surface area contributed by atoms with Crippen molar-refractivity contribution in [1.82, 2.24) is 15.3 Å². The maximum Gasteiger partial charge on any atom is 0.271 e. The Kier molecular flexibility index (Phi) is 2.79. The van der Waals surface area contributed by atoms with Crippen LogP contribution in [-0.4, -0.2) is 21.4 Å². The highest BCUT2D eigenvalue weighted by Gasteiger charge is 2.18. The summed E-state index contributed by atoms with van der Waals surface area (Å²) in [4.78, 5) is 20.3. The van der Waals surface area contributed by atoms with Crippen molar-refractivity contribution in [1.29, 1.82) is 0 Å². The Labute approximate surface area is 100 Å². The maximum absolute atomic E-state index is 12.1. The van der Waals surface area contributed by atoms with Gasteiger partial charge in [-0.3, -0.25) is 4.79 Å². The van der Waals surface area contributed by atoms with E-state index in [4.69, 9.17) is 0 Å². The summed E-state index contributed by atoms with van der Waals surface area (Å²) in [6.07, 6.45) is 1.42. The molecular weight excluding hydrogens is 214 g/mol. The molecule has 4 nitrogen and oxygen atoms in total. The molecule has 1 N–H and O–H groups in total. The van der Waals surface area contributed by atoms with Gasteiger partial charge in [-0.15, -0.1) is 0 Å². The first-order chi connectivity index (χ1) is 7.97. The number of para-hydroxylation sites is 1. The first-order valence-electron chi connectivity index (χ1n) is 5.50. The van der Waals surface area contributed by atoms with Crippen molar-refractivity contribution in [2.24, 2.45) is 0 Å². The van der Waals surface area contributed by atoms with Crippen LogP contribution in [0.2, 0.25) is 0 Å².